The Kier molecular flexibility index (Phi) is 9.04. The summed E-state index contributed by atoms with van der Waals surface area (Å²) in [5.74, 6) is -0.522. The van der Waals surface area contributed by atoms with E-state index in [4.69, 9.17) is 14.2 Å². The van der Waals surface area contributed by atoms with Crippen LogP contribution in [-0.4, -0.2) is 61.3 Å². The van der Waals surface area contributed by atoms with E-state index in [0.717, 1.165) is 37.0 Å². The average molecular weight is 551 g/mol. The fourth-order valence-electron chi connectivity index (χ4n) is 5.60. The minimum Gasteiger partial charge on any atom is -0.477 e. The van der Waals surface area contributed by atoms with Gasteiger partial charge >= 0.3 is 12.1 Å². The van der Waals surface area contributed by atoms with Crippen LogP contribution in [0.4, 0.5) is 10.5 Å². The van der Waals surface area contributed by atoms with Gasteiger partial charge in [-0.2, -0.15) is 0 Å². The Labute approximate surface area is 229 Å². The molecule has 2 amide bonds. The number of aromatic carboxylic acids is 1. The lowest BCUT2D eigenvalue weighted by Crippen LogP contribution is -2.45. The Bertz CT molecular complexity index is 1010. The predicted octanol–water partition coefficient (Wildman–Crippen LogP) is 5.17. The van der Waals surface area contributed by atoms with Crippen molar-refractivity contribution in [1.82, 2.24) is 5.32 Å². The van der Waals surface area contributed by atoms with Gasteiger partial charge < -0.3 is 29.5 Å². The summed E-state index contributed by atoms with van der Waals surface area (Å²) in [5, 5.41) is 12.8. The first-order valence-corrected chi connectivity index (χ1v) is 14.7. The van der Waals surface area contributed by atoms with E-state index >= 15 is 0 Å². The number of carbonyl (C=O) groups is 3. The zero-order chi connectivity index (χ0) is 27.6. The molecule has 3 fully saturated rings. The zero-order valence-corrected chi connectivity index (χ0v) is 24.0. The maximum absolute atomic E-state index is 13.9. The number of nitrogens with one attached hydrogen (secondary N) is 1. The van der Waals surface area contributed by atoms with Crippen molar-refractivity contribution in [2.45, 2.75) is 97.0 Å². The molecule has 38 heavy (non-hydrogen) atoms. The number of ether oxygens (including phenoxy) is 3. The number of carboxylic acids is 1. The highest BCUT2D eigenvalue weighted by Gasteiger charge is 2.44. The number of carbonyl (C=O) groups excluding carboxylic acids is 2. The van der Waals surface area contributed by atoms with Gasteiger partial charge in [-0.1, -0.05) is 27.7 Å². The van der Waals surface area contributed by atoms with Crippen molar-refractivity contribution < 1.29 is 33.7 Å². The van der Waals surface area contributed by atoms with E-state index in [-0.39, 0.29) is 46.5 Å². The average Bonchev–Trinajstić information content (AvgIpc) is 3.57. The Hall–Kier alpha value is -2.17. The highest BCUT2D eigenvalue weighted by Crippen LogP contribution is 2.40. The molecule has 1 aliphatic carbocycles. The van der Waals surface area contributed by atoms with E-state index in [1.165, 1.54) is 11.3 Å². The molecule has 2 N–H and O–H groups in total. The predicted molar refractivity (Wildman–Crippen MR) is 145 cm³/mol. The van der Waals surface area contributed by atoms with Gasteiger partial charge in [0.05, 0.1) is 24.8 Å². The smallest absolute Gasteiger partial charge is 0.407 e. The van der Waals surface area contributed by atoms with Crippen LogP contribution >= 0.6 is 11.3 Å². The number of anilines is 1. The first-order valence-electron chi connectivity index (χ1n) is 13.8. The molecule has 4 rings (SSSR count). The van der Waals surface area contributed by atoms with Gasteiger partial charge in [0.25, 0.3) is 0 Å². The first-order chi connectivity index (χ1) is 18.0. The molecule has 0 bridgehead atoms. The number of nitrogens with zero attached hydrogens (tertiary/aromatic N) is 1. The molecule has 0 aromatic carbocycles. The molecule has 1 saturated carbocycles. The lowest BCUT2D eigenvalue weighted by atomic mass is 9.82. The van der Waals surface area contributed by atoms with Gasteiger partial charge in [0.15, 0.2) is 6.29 Å². The number of alkyl carbamates (subject to hydrolysis) is 1. The number of rotatable bonds is 8. The van der Waals surface area contributed by atoms with Crippen LogP contribution in [0.2, 0.25) is 0 Å². The van der Waals surface area contributed by atoms with E-state index in [9.17, 15) is 19.5 Å². The number of hydrogen-bond acceptors (Lipinski definition) is 7. The molecule has 2 saturated heterocycles. The van der Waals surface area contributed by atoms with Crippen molar-refractivity contribution in [3.63, 3.8) is 0 Å². The zero-order valence-electron chi connectivity index (χ0n) is 23.2. The summed E-state index contributed by atoms with van der Waals surface area (Å²) in [7, 11) is 0. The van der Waals surface area contributed by atoms with Crippen LogP contribution in [-0.2, 0) is 24.4 Å². The third kappa shape index (κ3) is 6.51. The summed E-state index contributed by atoms with van der Waals surface area (Å²) in [5.41, 5.74) is 0.214. The van der Waals surface area contributed by atoms with Crippen molar-refractivity contribution in [1.29, 1.82) is 0 Å². The maximum atomic E-state index is 13.9. The number of amides is 2. The van der Waals surface area contributed by atoms with E-state index in [1.807, 2.05) is 33.8 Å². The second kappa shape index (κ2) is 11.9. The Morgan fingerprint density at radius 3 is 2.55 bits per heavy atom. The molecule has 0 radical (unpaired) electrons. The van der Waals surface area contributed by atoms with Gasteiger partial charge in [0.1, 0.15) is 11.0 Å². The quantitative estimate of drug-likeness (QED) is 0.459. The summed E-state index contributed by atoms with van der Waals surface area (Å²) in [6, 6.07) is 1.56. The van der Waals surface area contributed by atoms with Gasteiger partial charge in [-0.3, -0.25) is 4.79 Å². The van der Waals surface area contributed by atoms with Gasteiger partial charge in [-0.15, -0.1) is 11.3 Å². The molecule has 1 aromatic heterocycles. The van der Waals surface area contributed by atoms with Crippen molar-refractivity contribution in [2.24, 2.45) is 17.8 Å². The molecular weight excluding hydrogens is 508 g/mol. The standard InChI is InChI=1S/C28H42N2O7S/c1-16-6-8-18(9-7-16)24(31)30(20-14-22(28(3,4)5)38-23(20)25(32)33)17(2)10-12-29-27(34)37-21-15-36-26-19(21)11-13-35-26/h14,16-19,21,26H,6-13,15H2,1-5H3,(H,29,34)(H,32,33)/t16-,17-,18-,19-,21-,26+/m0/s1. The van der Waals surface area contributed by atoms with Gasteiger partial charge in [-0.05, 0) is 62.8 Å². The molecule has 10 heteroatoms. The third-order valence-corrected chi connectivity index (χ3v) is 9.56. The first kappa shape index (κ1) is 28.8. The fourth-order valence-corrected chi connectivity index (χ4v) is 6.64. The second-order valence-corrected chi connectivity index (χ2v) is 13.1. The van der Waals surface area contributed by atoms with Crippen molar-refractivity contribution in [3.05, 3.63) is 15.8 Å². The third-order valence-electron chi connectivity index (χ3n) is 8.02. The highest BCUT2D eigenvalue weighted by molar-refractivity contribution is 7.14. The van der Waals surface area contributed by atoms with Crippen molar-refractivity contribution in [2.75, 3.05) is 24.7 Å². The summed E-state index contributed by atoms with van der Waals surface area (Å²) in [6.07, 6.45) is 3.73. The van der Waals surface area contributed by atoms with E-state index < -0.39 is 12.1 Å². The molecule has 0 unspecified atom stereocenters. The Morgan fingerprint density at radius 2 is 1.89 bits per heavy atom. The van der Waals surface area contributed by atoms with Crippen LogP contribution in [0.25, 0.3) is 0 Å². The number of fused-ring (bicyclic) bond motifs is 1. The van der Waals surface area contributed by atoms with E-state index in [1.54, 1.807) is 4.90 Å². The molecular formula is C28H42N2O7S. The molecule has 2 aliphatic heterocycles. The SMILES string of the molecule is C[C@@H](CCNC(=O)O[C@H]1CO[C@H]2OCC[C@H]21)N(c1cc(C(C)(C)C)sc1C(=O)O)C(=O)[C@H]1CC[C@H](C)CC1. The van der Waals surface area contributed by atoms with Crippen molar-refractivity contribution in [3.8, 4) is 0 Å². The number of carboxylic acid groups (broad SMARTS) is 1. The highest BCUT2D eigenvalue weighted by atomic mass is 32.1. The number of hydrogen-bond donors (Lipinski definition) is 2. The van der Waals surface area contributed by atoms with E-state index in [0.29, 0.717) is 37.8 Å². The van der Waals surface area contributed by atoms with Crippen LogP contribution in [0.3, 0.4) is 0 Å². The molecule has 0 spiro atoms. The topological polar surface area (TPSA) is 114 Å². The summed E-state index contributed by atoms with van der Waals surface area (Å²) < 4.78 is 16.6. The lowest BCUT2D eigenvalue weighted by molar-refractivity contribution is -0.124. The van der Waals surface area contributed by atoms with Crippen LogP contribution in [0, 0.1) is 17.8 Å². The largest absolute Gasteiger partial charge is 0.477 e. The Morgan fingerprint density at radius 1 is 1.18 bits per heavy atom. The van der Waals surface area contributed by atoms with Gasteiger partial charge in [0, 0.05) is 23.4 Å². The molecule has 9 nitrogen and oxygen atoms in total. The Balaban J connectivity index is 1.46. The van der Waals surface area contributed by atoms with Crippen LogP contribution < -0.4 is 10.2 Å². The molecule has 4 atom stereocenters. The minimum atomic E-state index is -1.03. The summed E-state index contributed by atoms with van der Waals surface area (Å²) in [4.78, 5) is 41.5. The molecule has 3 aliphatic rings. The maximum Gasteiger partial charge on any atom is 0.407 e. The molecule has 1 aromatic rings. The normalized spacial score (nSPS) is 28.0. The van der Waals surface area contributed by atoms with Crippen molar-refractivity contribution >= 4 is 35.0 Å². The molecule has 212 valence electrons. The fraction of sp³-hybridized carbons (Fsp3) is 0.750. The van der Waals surface area contributed by atoms with Gasteiger partial charge in [-0.25, -0.2) is 9.59 Å². The van der Waals surface area contributed by atoms with Crippen LogP contribution in [0.15, 0.2) is 6.07 Å². The lowest BCUT2D eigenvalue weighted by Gasteiger charge is -2.35. The summed E-state index contributed by atoms with van der Waals surface area (Å²) >= 11 is 1.23. The minimum absolute atomic E-state index is 0.0249. The second-order valence-electron chi connectivity index (χ2n) is 12.1. The number of thiophene rings is 1. The molecule has 3 heterocycles. The van der Waals surface area contributed by atoms with Crippen LogP contribution in [0.1, 0.15) is 87.7 Å². The summed E-state index contributed by atoms with van der Waals surface area (Å²) in [6.45, 7) is 11.5. The van der Waals surface area contributed by atoms with Gasteiger partial charge in [0.2, 0.25) is 5.91 Å². The van der Waals surface area contributed by atoms with Crippen LogP contribution in [0.5, 0.6) is 0 Å². The monoisotopic (exact) mass is 550 g/mol. The van der Waals surface area contributed by atoms with E-state index in [2.05, 4.69) is 12.2 Å².